The molecule has 0 atom stereocenters. The van der Waals surface area contributed by atoms with E-state index in [-0.39, 0.29) is 0 Å². The van der Waals surface area contributed by atoms with Crippen molar-refractivity contribution in [3.8, 4) is 22.4 Å². The Bertz CT molecular complexity index is 704. The van der Waals surface area contributed by atoms with E-state index in [1.54, 1.807) is 12.4 Å². The maximum atomic E-state index is 6.26. The van der Waals surface area contributed by atoms with Gasteiger partial charge in [0.15, 0.2) is 0 Å². The first-order valence-corrected chi connectivity index (χ1v) is 6.35. The molecule has 2 heterocycles. The third kappa shape index (κ3) is 2.13. The first-order valence-electron chi connectivity index (χ1n) is 5.97. The average molecular weight is 270 g/mol. The number of halogens is 1. The number of nitrogens with zero attached hydrogens (tertiary/aromatic N) is 2. The number of rotatable bonds is 2. The third-order valence-electron chi connectivity index (χ3n) is 3.05. The van der Waals surface area contributed by atoms with Crippen LogP contribution in [0.5, 0.6) is 0 Å². The zero-order chi connectivity index (χ0) is 13.2. The van der Waals surface area contributed by atoms with Crippen LogP contribution in [0.4, 0.5) is 0 Å². The molecule has 0 amide bonds. The number of pyridine rings is 1. The number of nitrogens with one attached hydrogen (secondary N) is 1. The van der Waals surface area contributed by atoms with Gasteiger partial charge in [0.05, 0.1) is 5.02 Å². The van der Waals surface area contributed by atoms with E-state index in [4.69, 9.17) is 11.6 Å². The minimum Gasteiger partial charge on any atom is -0.282 e. The van der Waals surface area contributed by atoms with Crippen LogP contribution in [0.3, 0.4) is 0 Å². The van der Waals surface area contributed by atoms with Crippen molar-refractivity contribution in [2.24, 2.45) is 0 Å². The van der Waals surface area contributed by atoms with E-state index in [1.165, 1.54) is 0 Å². The number of aryl methyl sites for hydroxylation is 1. The van der Waals surface area contributed by atoms with E-state index in [9.17, 15) is 0 Å². The standard InChI is InChI=1S/C15H12ClN3/c1-10-14(11-6-8-17-9-7-11)15(19-18-10)12-4-2-3-5-13(12)16/h2-9H,1H3,(H,18,19). The maximum absolute atomic E-state index is 6.26. The van der Waals surface area contributed by atoms with Gasteiger partial charge in [-0.1, -0.05) is 29.8 Å². The highest BCUT2D eigenvalue weighted by molar-refractivity contribution is 6.33. The molecule has 0 fully saturated rings. The topological polar surface area (TPSA) is 41.6 Å². The van der Waals surface area contributed by atoms with Gasteiger partial charge in [-0.3, -0.25) is 10.1 Å². The lowest BCUT2D eigenvalue weighted by Gasteiger charge is -2.05. The molecule has 0 aliphatic rings. The summed E-state index contributed by atoms with van der Waals surface area (Å²) < 4.78 is 0. The predicted molar refractivity (Wildman–Crippen MR) is 77.0 cm³/mol. The first kappa shape index (κ1) is 11.9. The maximum Gasteiger partial charge on any atom is 0.102 e. The number of aromatic nitrogens is 3. The molecule has 19 heavy (non-hydrogen) atoms. The summed E-state index contributed by atoms with van der Waals surface area (Å²) in [5.41, 5.74) is 4.96. The van der Waals surface area contributed by atoms with Gasteiger partial charge >= 0.3 is 0 Å². The average Bonchev–Trinajstić information content (AvgIpc) is 2.82. The van der Waals surface area contributed by atoms with E-state index in [0.29, 0.717) is 5.02 Å². The highest BCUT2D eigenvalue weighted by Crippen LogP contribution is 2.35. The molecule has 0 radical (unpaired) electrons. The zero-order valence-electron chi connectivity index (χ0n) is 10.4. The molecule has 94 valence electrons. The fourth-order valence-corrected chi connectivity index (χ4v) is 2.37. The van der Waals surface area contributed by atoms with Crippen molar-refractivity contribution in [1.29, 1.82) is 0 Å². The van der Waals surface area contributed by atoms with Crippen LogP contribution in [0.2, 0.25) is 5.02 Å². The highest BCUT2D eigenvalue weighted by atomic mass is 35.5. The van der Waals surface area contributed by atoms with Gasteiger partial charge in [0.2, 0.25) is 0 Å². The lowest BCUT2D eigenvalue weighted by molar-refractivity contribution is 1.05. The SMILES string of the molecule is Cc1[nH]nc(-c2ccccc2Cl)c1-c1ccncc1. The predicted octanol–water partition coefficient (Wildman–Crippen LogP) is 4.10. The molecule has 1 aromatic carbocycles. The van der Waals surface area contributed by atoms with Crippen LogP contribution in [-0.2, 0) is 0 Å². The lowest BCUT2D eigenvalue weighted by Crippen LogP contribution is -1.85. The largest absolute Gasteiger partial charge is 0.282 e. The van der Waals surface area contributed by atoms with Crippen LogP contribution in [0, 0.1) is 6.92 Å². The summed E-state index contributed by atoms with van der Waals surface area (Å²) >= 11 is 6.26. The molecule has 0 saturated heterocycles. The Hall–Kier alpha value is -2.13. The van der Waals surface area contributed by atoms with Gasteiger partial charge in [0, 0.05) is 29.2 Å². The van der Waals surface area contributed by atoms with Crippen molar-refractivity contribution in [1.82, 2.24) is 15.2 Å². The zero-order valence-corrected chi connectivity index (χ0v) is 11.1. The molecule has 0 unspecified atom stereocenters. The number of aromatic amines is 1. The third-order valence-corrected chi connectivity index (χ3v) is 3.37. The number of hydrogen-bond donors (Lipinski definition) is 1. The normalized spacial score (nSPS) is 10.6. The van der Waals surface area contributed by atoms with Gasteiger partial charge in [-0.2, -0.15) is 5.10 Å². The smallest absolute Gasteiger partial charge is 0.102 e. The summed E-state index contributed by atoms with van der Waals surface area (Å²) in [6, 6.07) is 11.7. The molecule has 2 aromatic heterocycles. The Morgan fingerprint density at radius 3 is 2.53 bits per heavy atom. The molecule has 0 saturated carbocycles. The minimum absolute atomic E-state index is 0.698. The van der Waals surface area contributed by atoms with Gasteiger partial charge in [0.25, 0.3) is 0 Å². The fraction of sp³-hybridized carbons (Fsp3) is 0.0667. The summed E-state index contributed by atoms with van der Waals surface area (Å²) in [7, 11) is 0. The number of benzene rings is 1. The first-order chi connectivity index (χ1) is 9.27. The van der Waals surface area contributed by atoms with E-state index >= 15 is 0 Å². The molecule has 0 aliphatic heterocycles. The van der Waals surface area contributed by atoms with Crippen LogP contribution in [0.1, 0.15) is 5.69 Å². The Morgan fingerprint density at radius 1 is 1.05 bits per heavy atom. The molecule has 0 spiro atoms. The van der Waals surface area contributed by atoms with Crippen LogP contribution in [0.25, 0.3) is 22.4 Å². The summed E-state index contributed by atoms with van der Waals surface area (Å²) in [5.74, 6) is 0. The van der Waals surface area contributed by atoms with Crippen molar-refractivity contribution in [2.75, 3.05) is 0 Å². The van der Waals surface area contributed by atoms with Crippen molar-refractivity contribution >= 4 is 11.6 Å². The summed E-state index contributed by atoms with van der Waals surface area (Å²) in [5, 5.41) is 8.12. The summed E-state index contributed by atoms with van der Waals surface area (Å²) in [6.45, 7) is 2.00. The molecule has 3 rings (SSSR count). The van der Waals surface area contributed by atoms with Crippen molar-refractivity contribution < 1.29 is 0 Å². The monoisotopic (exact) mass is 269 g/mol. The van der Waals surface area contributed by atoms with Crippen molar-refractivity contribution in [3.63, 3.8) is 0 Å². The quantitative estimate of drug-likeness (QED) is 0.761. The molecule has 0 aliphatic carbocycles. The molecular weight excluding hydrogens is 258 g/mol. The van der Waals surface area contributed by atoms with Gasteiger partial charge in [-0.15, -0.1) is 0 Å². The second-order valence-electron chi connectivity index (χ2n) is 4.29. The van der Waals surface area contributed by atoms with E-state index in [1.807, 2.05) is 43.3 Å². The second kappa shape index (κ2) is 4.86. The minimum atomic E-state index is 0.698. The van der Waals surface area contributed by atoms with Crippen LogP contribution < -0.4 is 0 Å². The van der Waals surface area contributed by atoms with Crippen molar-refractivity contribution in [2.45, 2.75) is 6.92 Å². The Labute approximate surface area is 116 Å². The van der Waals surface area contributed by atoms with Crippen LogP contribution >= 0.6 is 11.6 Å². The molecule has 1 N–H and O–H groups in total. The van der Waals surface area contributed by atoms with Gasteiger partial charge in [-0.25, -0.2) is 0 Å². The van der Waals surface area contributed by atoms with Gasteiger partial charge in [0.1, 0.15) is 5.69 Å². The van der Waals surface area contributed by atoms with Gasteiger partial charge in [-0.05, 0) is 30.7 Å². The second-order valence-corrected chi connectivity index (χ2v) is 4.70. The van der Waals surface area contributed by atoms with E-state index in [0.717, 1.165) is 28.1 Å². The Balaban J connectivity index is 2.23. The number of H-pyrrole nitrogens is 1. The molecule has 0 bridgehead atoms. The molecular formula is C15H12ClN3. The van der Waals surface area contributed by atoms with Gasteiger partial charge < -0.3 is 0 Å². The summed E-state index contributed by atoms with van der Waals surface area (Å²) in [6.07, 6.45) is 3.55. The van der Waals surface area contributed by atoms with E-state index in [2.05, 4.69) is 15.2 Å². The van der Waals surface area contributed by atoms with Crippen molar-refractivity contribution in [3.05, 3.63) is 59.5 Å². The highest BCUT2D eigenvalue weighted by Gasteiger charge is 2.15. The summed E-state index contributed by atoms with van der Waals surface area (Å²) in [4.78, 5) is 4.05. The van der Waals surface area contributed by atoms with E-state index < -0.39 is 0 Å². The molecule has 4 heteroatoms. The molecule has 3 nitrogen and oxygen atoms in total. The molecule has 3 aromatic rings. The Morgan fingerprint density at radius 2 is 1.79 bits per heavy atom. The fourth-order valence-electron chi connectivity index (χ4n) is 2.15. The lowest BCUT2D eigenvalue weighted by atomic mass is 10.0. The van der Waals surface area contributed by atoms with Crippen LogP contribution in [-0.4, -0.2) is 15.2 Å². The van der Waals surface area contributed by atoms with Crippen LogP contribution in [0.15, 0.2) is 48.8 Å². The Kier molecular flexibility index (Phi) is 3.05. The number of hydrogen-bond acceptors (Lipinski definition) is 2.